The van der Waals surface area contributed by atoms with Gasteiger partial charge in [-0.2, -0.15) is 11.8 Å². The number of hydrogen-bond acceptors (Lipinski definition) is 5. The van der Waals surface area contributed by atoms with Crippen molar-refractivity contribution in [2.75, 3.05) is 44.2 Å². The van der Waals surface area contributed by atoms with E-state index in [0.29, 0.717) is 5.54 Å². The highest BCUT2D eigenvalue weighted by Crippen LogP contribution is 2.37. The summed E-state index contributed by atoms with van der Waals surface area (Å²) in [5.74, 6) is 3.51. The van der Waals surface area contributed by atoms with Gasteiger partial charge in [-0.05, 0) is 26.2 Å². The topological polar surface area (TPSA) is 52.6 Å². The minimum atomic E-state index is 0. The van der Waals surface area contributed by atoms with Gasteiger partial charge in [0.25, 0.3) is 0 Å². The molecule has 0 aromatic carbocycles. The second-order valence-electron chi connectivity index (χ2n) is 7.48. The molecule has 1 aliphatic heterocycles. The Bertz CT molecular complexity index is 595. The maximum absolute atomic E-state index is 5.02. The quantitative estimate of drug-likeness (QED) is 0.301. The van der Waals surface area contributed by atoms with Crippen molar-refractivity contribution in [2.45, 2.75) is 57.9 Å². The van der Waals surface area contributed by atoms with Crippen molar-refractivity contribution in [2.24, 2.45) is 4.99 Å². The molecule has 28 heavy (non-hydrogen) atoms. The molecule has 2 fully saturated rings. The Morgan fingerprint density at radius 2 is 1.96 bits per heavy atom. The van der Waals surface area contributed by atoms with Gasteiger partial charge in [-0.25, -0.2) is 4.98 Å². The zero-order valence-electron chi connectivity index (χ0n) is 17.3. The maximum Gasteiger partial charge on any atom is 0.191 e. The molecule has 3 rings (SSSR count). The molecule has 2 heterocycles. The van der Waals surface area contributed by atoms with Crippen LogP contribution in [-0.2, 0) is 12.8 Å². The first-order valence-electron chi connectivity index (χ1n) is 10.5. The number of aliphatic imine (C=N–C) groups is 1. The number of aromatic nitrogens is 1. The van der Waals surface area contributed by atoms with E-state index in [1.165, 1.54) is 60.2 Å². The van der Waals surface area contributed by atoms with Crippen LogP contribution in [0.2, 0.25) is 0 Å². The van der Waals surface area contributed by atoms with Crippen LogP contribution in [0.5, 0.6) is 0 Å². The van der Waals surface area contributed by atoms with E-state index in [1.54, 1.807) is 0 Å². The van der Waals surface area contributed by atoms with E-state index in [4.69, 9.17) is 4.99 Å². The van der Waals surface area contributed by atoms with E-state index in [9.17, 15) is 0 Å². The Labute approximate surface area is 196 Å². The Morgan fingerprint density at radius 3 is 2.61 bits per heavy atom. The SMILES string of the molecule is CCNC(=NCC1(N2CCSCC2)CCCC1)NCCc1ncc(CC)s1.I. The van der Waals surface area contributed by atoms with Crippen molar-refractivity contribution >= 4 is 53.0 Å². The van der Waals surface area contributed by atoms with Gasteiger partial charge in [0.05, 0.1) is 11.6 Å². The Balaban J connectivity index is 0.00000280. The number of hydrogen-bond donors (Lipinski definition) is 2. The van der Waals surface area contributed by atoms with Gasteiger partial charge in [0.1, 0.15) is 0 Å². The Morgan fingerprint density at radius 1 is 1.21 bits per heavy atom. The average molecular weight is 538 g/mol. The molecule has 1 saturated carbocycles. The minimum absolute atomic E-state index is 0. The third-order valence-corrected chi connectivity index (χ3v) is 7.82. The molecule has 0 bridgehead atoms. The summed E-state index contributed by atoms with van der Waals surface area (Å²) in [6, 6.07) is 0. The van der Waals surface area contributed by atoms with E-state index >= 15 is 0 Å². The van der Waals surface area contributed by atoms with Gasteiger partial charge in [-0.3, -0.25) is 9.89 Å². The van der Waals surface area contributed by atoms with Gasteiger partial charge >= 0.3 is 0 Å². The van der Waals surface area contributed by atoms with Gasteiger partial charge in [0, 0.05) is 60.7 Å². The Kier molecular flexibility index (Phi) is 10.9. The maximum atomic E-state index is 5.02. The standard InChI is InChI=1S/C20H35N5S2.HI/c1-3-17-15-23-18(27-17)7-10-22-19(21-4-2)24-16-20(8-5-6-9-20)25-11-13-26-14-12-25;/h15H,3-14,16H2,1-2H3,(H2,21,22,24);1H. The summed E-state index contributed by atoms with van der Waals surface area (Å²) in [7, 11) is 0. The predicted octanol–water partition coefficient (Wildman–Crippen LogP) is 3.78. The van der Waals surface area contributed by atoms with Gasteiger partial charge in [-0.1, -0.05) is 19.8 Å². The molecule has 5 nitrogen and oxygen atoms in total. The Hall–Kier alpha value is -0.0600. The molecule has 160 valence electrons. The molecule has 2 aliphatic rings. The number of nitrogens with one attached hydrogen (secondary N) is 2. The van der Waals surface area contributed by atoms with Gasteiger partial charge in [0.15, 0.2) is 5.96 Å². The van der Waals surface area contributed by atoms with Crippen LogP contribution in [0.1, 0.15) is 49.4 Å². The molecule has 0 spiro atoms. The first-order chi connectivity index (χ1) is 13.3. The van der Waals surface area contributed by atoms with Gasteiger partial charge in [-0.15, -0.1) is 35.3 Å². The number of aryl methyl sites for hydroxylation is 1. The molecule has 1 aromatic heterocycles. The molecule has 1 aromatic rings. The summed E-state index contributed by atoms with van der Waals surface area (Å²) >= 11 is 3.92. The molecular formula is C20H36IN5S2. The third kappa shape index (κ3) is 6.74. The summed E-state index contributed by atoms with van der Waals surface area (Å²) in [5.41, 5.74) is 0.300. The van der Waals surface area contributed by atoms with Crippen molar-refractivity contribution in [3.05, 3.63) is 16.1 Å². The van der Waals surface area contributed by atoms with Crippen molar-refractivity contribution < 1.29 is 0 Å². The van der Waals surface area contributed by atoms with E-state index in [-0.39, 0.29) is 24.0 Å². The molecule has 0 atom stereocenters. The fourth-order valence-electron chi connectivity index (χ4n) is 4.13. The first kappa shape index (κ1) is 24.2. The zero-order valence-corrected chi connectivity index (χ0v) is 21.3. The molecule has 0 unspecified atom stereocenters. The lowest BCUT2D eigenvalue weighted by Gasteiger charge is -2.42. The van der Waals surface area contributed by atoms with Crippen LogP contribution in [0.3, 0.4) is 0 Å². The highest BCUT2D eigenvalue weighted by molar-refractivity contribution is 14.0. The van der Waals surface area contributed by atoms with Crippen LogP contribution in [0, 0.1) is 0 Å². The second-order valence-corrected chi connectivity index (χ2v) is 9.90. The van der Waals surface area contributed by atoms with E-state index in [0.717, 1.165) is 38.4 Å². The summed E-state index contributed by atoms with van der Waals surface area (Å²) in [6.07, 6.45) is 9.37. The number of rotatable bonds is 8. The number of nitrogens with zero attached hydrogens (tertiary/aromatic N) is 3. The fraction of sp³-hybridized carbons (Fsp3) is 0.800. The number of guanidine groups is 1. The number of thioether (sulfide) groups is 1. The van der Waals surface area contributed by atoms with Crippen LogP contribution in [-0.4, -0.2) is 65.6 Å². The highest BCUT2D eigenvalue weighted by Gasteiger charge is 2.39. The molecule has 1 saturated heterocycles. The van der Waals surface area contributed by atoms with Crippen molar-refractivity contribution in [1.29, 1.82) is 0 Å². The highest BCUT2D eigenvalue weighted by atomic mass is 127. The third-order valence-electron chi connectivity index (χ3n) is 5.67. The van der Waals surface area contributed by atoms with E-state index < -0.39 is 0 Å². The lowest BCUT2D eigenvalue weighted by Crippen LogP contribution is -2.53. The molecule has 8 heteroatoms. The second kappa shape index (κ2) is 12.6. The van der Waals surface area contributed by atoms with Crippen LogP contribution >= 0.6 is 47.1 Å². The normalized spacial score (nSPS) is 20.0. The van der Waals surface area contributed by atoms with E-state index in [1.807, 2.05) is 17.5 Å². The summed E-state index contributed by atoms with van der Waals surface area (Å²) in [4.78, 5) is 13.7. The largest absolute Gasteiger partial charge is 0.357 e. The molecule has 2 N–H and O–H groups in total. The molecular weight excluding hydrogens is 501 g/mol. The fourth-order valence-corrected chi connectivity index (χ4v) is 5.89. The van der Waals surface area contributed by atoms with Gasteiger partial charge < -0.3 is 10.6 Å². The van der Waals surface area contributed by atoms with Crippen molar-refractivity contribution in [3.8, 4) is 0 Å². The van der Waals surface area contributed by atoms with Crippen LogP contribution in [0.15, 0.2) is 11.2 Å². The smallest absolute Gasteiger partial charge is 0.191 e. The summed E-state index contributed by atoms with van der Waals surface area (Å²) < 4.78 is 0. The van der Waals surface area contributed by atoms with Crippen molar-refractivity contribution in [1.82, 2.24) is 20.5 Å². The number of thiazole rings is 1. The van der Waals surface area contributed by atoms with Crippen LogP contribution in [0.25, 0.3) is 0 Å². The summed E-state index contributed by atoms with van der Waals surface area (Å²) in [5, 5.41) is 8.17. The summed E-state index contributed by atoms with van der Waals surface area (Å²) in [6.45, 7) is 9.49. The number of halogens is 1. The van der Waals surface area contributed by atoms with Crippen LogP contribution in [0.4, 0.5) is 0 Å². The molecule has 1 aliphatic carbocycles. The van der Waals surface area contributed by atoms with Gasteiger partial charge in [0.2, 0.25) is 0 Å². The average Bonchev–Trinajstić information content (AvgIpc) is 3.37. The zero-order chi connectivity index (χ0) is 19.0. The monoisotopic (exact) mass is 537 g/mol. The lowest BCUT2D eigenvalue weighted by atomic mass is 9.95. The van der Waals surface area contributed by atoms with Crippen molar-refractivity contribution in [3.63, 3.8) is 0 Å². The van der Waals surface area contributed by atoms with E-state index in [2.05, 4.69) is 46.1 Å². The molecule has 0 amide bonds. The minimum Gasteiger partial charge on any atom is -0.357 e. The predicted molar refractivity (Wildman–Crippen MR) is 135 cm³/mol. The molecule has 0 radical (unpaired) electrons. The van der Waals surface area contributed by atoms with Crippen LogP contribution < -0.4 is 10.6 Å². The first-order valence-corrected chi connectivity index (χ1v) is 12.5. The lowest BCUT2D eigenvalue weighted by molar-refractivity contribution is 0.112.